The van der Waals surface area contributed by atoms with Crippen molar-refractivity contribution in [2.75, 3.05) is 5.32 Å². The lowest BCUT2D eigenvalue weighted by Crippen LogP contribution is -2.03. The van der Waals surface area contributed by atoms with Crippen LogP contribution in [0, 0.1) is 6.92 Å². The van der Waals surface area contributed by atoms with Crippen LogP contribution in [0.25, 0.3) is 0 Å². The van der Waals surface area contributed by atoms with Crippen molar-refractivity contribution in [2.45, 2.75) is 6.92 Å². The van der Waals surface area contributed by atoms with E-state index in [4.69, 9.17) is 16.7 Å². The van der Waals surface area contributed by atoms with Crippen LogP contribution in [0.2, 0.25) is 5.02 Å². The fourth-order valence-electron chi connectivity index (χ4n) is 1.39. The molecule has 19 heavy (non-hydrogen) atoms. The van der Waals surface area contributed by atoms with Gasteiger partial charge in [0.1, 0.15) is 0 Å². The Kier molecular flexibility index (Phi) is 4.01. The van der Waals surface area contributed by atoms with E-state index in [1.54, 1.807) is 6.07 Å². The van der Waals surface area contributed by atoms with E-state index in [9.17, 15) is 4.79 Å². The second-order valence-electron chi connectivity index (χ2n) is 3.82. The Balaban J connectivity index is 2.26. The third kappa shape index (κ3) is 3.21. The maximum atomic E-state index is 10.7. The van der Waals surface area contributed by atoms with Crippen LogP contribution >= 0.6 is 27.5 Å². The van der Waals surface area contributed by atoms with Crippen LogP contribution in [0.3, 0.4) is 0 Å². The number of rotatable bonds is 3. The highest BCUT2D eigenvalue weighted by Crippen LogP contribution is 2.30. The zero-order valence-electron chi connectivity index (χ0n) is 9.82. The minimum Gasteiger partial charge on any atom is -0.476 e. The smallest absolute Gasteiger partial charge is 0.356 e. The Morgan fingerprint density at radius 1 is 1.37 bits per heavy atom. The molecule has 1 aromatic heterocycles. The van der Waals surface area contributed by atoms with Crippen LogP contribution in [-0.2, 0) is 0 Å². The van der Waals surface area contributed by atoms with Gasteiger partial charge in [-0.15, -0.1) is 10.2 Å². The third-order valence-electron chi connectivity index (χ3n) is 2.39. The molecule has 0 aliphatic carbocycles. The van der Waals surface area contributed by atoms with Gasteiger partial charge in [0.05, 0.1) is 5.69 Å². The van der Waals surface area contributed by atoms with Crippen molar-refractivity contribution >= 4 is 45.0 Å². The highest BCUT2D eigenvalue weighted by atomic mass is 79.9. The minimum absolute atomic E-state index is 0.105. The summed E-state index contributed by atoms with van der Waals surface area (Å²) in [5, 5.41) is 19.7. The monoisotopic (exact) mass is 341 g/mol. The first-order valence-electron chi connectivity index (χ1n) is 5.27. The number of hydrogen-bond donors (Lipinski definition) is 2. The lowest BCUT2D eigenvalue weighted by Gasteiger charge is -2.09. The van der Waals surface area contributed by atoms with Gasteiger partial charge in [0.25, 0.3) is 0 Å². The van der Waals surface area contributed by atoms with Crippen molar-refractivity contribution in [1.82, 2.24) is 10.2 Å². The second kappa shape index (κ2) is 5.54. The molecule has 1 aromatic carbocycles. The number of hydrogen-bond acceptors (Lipinski definition) is 4. The Bertz CT molecular complexity index is 632. The molecule has 7 heteroatoms. The summed E-state index contributed by atoms with van der Waals surface area (Å²) in [6, 6.07) is 6.55. The zero-order chi connectivity index (χ0) is 14.0. The first-order chi connectivity index (χ1) is 8.97. The number of anilines is 2. The van der Waals surface area contributed by atoms with E-state index in [2.05, 4.69) is 31.4 Å². The van der Waals surface area contributed by atoms with E-state index in [1.165, 1.54) is 12.1 Å². The molecule has 0 spiro atoms. The molecule has 2 rings (SSSR count). The number of aryl methyl sites for hydroxylation is 1. The number of carboxylic acid groups (broad SMARTS) is 1. The van der Waals surface area contributed by atoms with Gasteiger partial charge in [0.15, 0.2) is 11.5 Å². The van der Waals surface area contributed by atoms with E-state index in [0.29, 0.717) is 10.8 Å². The van der Waals surface area contributed by atoms with Crippen molar-refractivity contribution in [2.24, 2.45) is 0 Å². The lowest BCUT2D eigenvalue weighted by molar-refractivity contribution is 0.0689. The van der Waals surface area contributed by atoms with E-state index in [1.807, 2.05) is 13.0 Å². The predicted octanol–water partition coefficient (Wildman–Crippen LogP) is 3.64. The van der Waals surface area contributed by atoms with Gasteiger partial charge in [-0.3, -0.25) is 0 Å². The molecule has 2 N–H and O–H groups in total. The van der Waals surface area contributed by atoms with Gasteiger partial charge in [-0.05, 0) is 52.7 Å². The third-order valence-corrected chi connectivity index (χ3v) is 3.46. The SMILES string of the molecule is Cc1cc(Br)c(Nc2ccc(C(=O)O)nn2)cc1Cl. The number of halogens is 2. The molecule has 0 aliphatic rings. The molecule has 5 nitrogen and oxygen atoms in total. The van der Waals surface area contributed by atoms with Crippen LogP contribution in [-0.4, -0.2) is 21.3 Å². The number of nitrogens with zero attached hydrogens (tertiary/aromatic N) is 2. The van der Waals surface area contributed by atoms with E-state index < -0.39 is 5.97 Å². The number of benzene rings is 1. The van der Waals surface area contributed by atoms with Crippen molar-refractivity contribution in [1.29, 1.82) is 0 Å². The molecular formula is C12H9BrClN3O2. The van der Waals surface area contributed by atoms with Crippen molar-refractivity contribution in [3.8, 4) is 0 Å². The topological polar surface area (TPSA) is 75.1 Å². The summed E-state index contributed by atoms with van der Waals surface area (Å²) in [5.74, 6) is -0.677. The van der Waals surface area contributed by atoms with Crippen LogP contribution < -0.4 is 5.32 Å². The second-order valence-corrected chi connectivity index (χ2v) is 5.08. The first kappa shape index (κ1) is 13.8. The highest BCUT2D eigenvalue weighted by molar-refractivity contribution is 9.10. The van der Waals surface area contributed by atoms with Crippen molar-refractivity contribution in [3.05, 3.63) is 45.0 Å². The predicted molar refractivity (Wildman–Crippen MR) is 76.2 cm³/mol. The Hall–Kier alpha value is -1.66. The Morgan fingerprint density at radius 2 is 2.11 bits per heavy atom. The van der Waals surface area contributed by atoms with Crippen LogP contribution in [0.5, 0.6) is 0 Å². The fraction of sp³-hybridized carbons (Fsp3) is 0.0833. The van der Waals surface area contributed by atoms with E-state index >= 15 is 0 Å². The molecule has 0 unspecified atom stereocenters. The molecule has 0 bridgehead atoms. The van der Waals surface area contributed by atoms with Crippen LogP contribution in [0.1, 0.15) is 16.1 Å². The van der Waals surface area contributed by atoms with Gasteiger partial charge >= 0.3 is 5.97 Å². The zero-order valence-corrected chi connectivity index (χ0v) is 12.2. The molecule has 2 aromatic rings. The number of nitrogens with one attached hydrogen (secondary N) is 1. The molecule has 98 valence electrons. The Morgan fingerprint density at radius 3 is 2.68 bits per heavy atom. The van der Waals surface area contributed by atoms with Crippen molar-refractivity contribution < 1.29 is 9.90 Å². The standard InChI is InChI=1S/C12H9BrClN3O2/c1-6-4-7(13)10(5-8(6)14)15-11-3-2-9(12(18)19)16-17-11/h2-5H,1H3,(H,15,17)(H,18,19). The van der Waals surface area contributed by atoms with Crippen LogP contribution in [0.4, 0.5) is 11.5 Å². The summed E-state index contributed by atoms with van der Waals surface area (Å²) >= 11 is 9.46. The average molecular weight is 343 g/mol. The fourth-order valence-corrected chi connectivity index (χ4v) is 2.11. The van der Waals surface area contributed by atoms with E-state index in [-0.39, 0.29) is 5.69 Å². The molecule has 0 saturated carbocycles. The van der Waals surface area contributed by atoms with Crippen molar-refractivity contribution in [3.63, 3.8) is 0 Å². The lowest BCUT2D eigenvalue weighted by atomic mass is 10.2. The van der Waals surface area contributed by atoms with Gasteiger partial charge in [0, 0.05) is 9.50 Å². The maximum Gasteiger partial charge on any atom is 0.356 e. The van der Waals surface area contributed by atoms with Crippen LogP contribution in [0.15, 0.2) is 28.7 Å². The molecule has 0 saturated heterocycles. The Labute approximate surface area is 122 Å². The molecule has 1 heterocycles. The highest BCUT2D eigenvalue weighted by Gasteiger charge is 2.08. The average Bonchev–Trinajstić information content (AvgIpc) is 2.36. The summed E-state index contributed by atoms with van der Waals surface area (Å²) < 4.78 is 0.832. The number of aromatic carboxylic acids is 1. The maximum absolute atomic E-state index is 10.7. The van der Waals surface area contributed by atoms with Gasteiger partial charge < -0.3 is 10.4 Å². The van der Waals surface area contributed by atoms with Gasteiger partial charge in [-0.1, -0.05) is 11.6 Å². The minimum atomic E-state index is -1.11. The molecule has 0 atom stereocenters. The number of aromatic nitrogens is 2. The summed E-state index contributed by atoms with van der Waals surface area (Å²) in [6.45, 7) is 1.90. The summed E-state index contributed by atoms with van der Waals surface area (Å²) in [7, 11) is 0. The molecule has 0 amide bonds. The molecule has 0 aliphatic heterocycles. The number of carboxylic acids is 1. The summed E-state index contributed by atoms with van der Waals surface area (Å²) in [6.07, 6.45) is 0. The largest absolute Gasteiger partial charge is 0.476 e. The number of carbonyl (C=O) groups is 1. The normalized spacial score (nSPS) is 10.3. The van der Waals surface area contributed by atoms with Gasteiger partial charge in [0.2, 0.25) is 0 Å². The first-order valence-corrected chi connectivity index (χ1v) is 6.44. The summed E-state index contributed by atoms with van der Waals surface area (Å²) in [4.78, 5) is 10.7. The summed E-state index contributed by atoms with van der Waals surface area (Å²) in [5.41, 5.74) is 1.57. The van der Waals surface area contributed by atoms with E-state index in [0.717, 1.165) is 15.7 Å². The molecular weight excluding hydrogens is 334 g/mol. The molecule has 0 radical (unpaired) electrons. The quantitative estimate of drug-likeness (QED) is 0.890. The molecule has 0 fully saturated rings. The van der Waals surface area contributed by atoms with Gasteiger partial charge in [-0.25, -0.2) is 4.79 Å². The van der Waals surface area contributed by atoms with Gasteiger partial charge in [-0.2, -0.15) is 0 Å².